The van der Waals surface area contributed by atoms with Crippen LogP contribution in [0.4, 0.5) is 11.6 Å². The molecule has 0 saturated carbocycles. The molecule has 0 N–H and O–H groups in total. The van der Waals surface area contributed by atoms with Gasteiger partial charge in [-0.05, 0) is 19.3 Å². The monoisotopic (exact) mass is 340 g/mol. The lowest BCUT2D eigenvalue weighted by atomic mass is 10.1. The minimum absolute atomic E-state index is 0.453. The van der Waals surface area contributed by atoms with Crippen molar-refractivity contribution in [2.45, 2.75) is 52.0 Å². The molecule has 0 spiro atoms. The molecule has 1 fully saturated rings. The molecular formula is C19H28N6. The number of nitrogens with zero attached hydrogens (tertiary/aromatic N) is 6. The predicted molar refractivity (Wildman–Crippen MR) is 100 cm³/mol. The standard InChI is InChI=1S/C19H28N6/c1-14(2)19-22-15-12-25(10-7-16(15)23(19)3)18-11-17(20-13-21-18)24-8-5-4-6-9-24/h11,13-14H,4-10,12H2,1-3H3. The zero-order chi connectivity index (χ0) is 17.4. The van der Waals surface area contributed by atoms with Crippen LogP contribution >= 0.6 is 0 Å². The molecule has 0 atom stereocenters. The van der Waals surface area contributed by atoms with Crippen molar-refractivity contribution in [3.63, 3.8) is 0 Å². The average molecular weight is 340 g/mol. The summed E-state index contributed by atoms with van der Waals surface area (Å²) in [6.45, 7) is 8.46. The molecule has 0 amide bonds. The first-order valence-electron chi connectivity index (χ1n) is 9.50. The molecule has 134 valence electrons. The molecule has 0 radical (unpaired) electrons. The summed E-state index contributed by atoms with van der Waals surface area (Å²) < 4.78 is 2.29. The highest BCUT2D eigenvalue weighted by Crippen LogP contribution is 2.27. The lowest BCUT2D eigenvalue weighted by Crippen LogP contribution is -2.33. The maximum atomic E-state index is 4.91. The Balaban J connectivity index is 1.56. The number of hydrogen-bond donors (Lipinski definition) is 0. The van der Waals surface area contributed by atoms with Crippen molar-refractivity contribution < 1.29 is 0 Å². The molecule has 0 aliphatic carbocycles. The number of anilines is 2. The normalized spacial score (nSPS) is 17.9. The van der Waals surface area contributed by atoms with Crippen LogP contribution in [0.5, 0.6) is 0 Å². The van der Waals surface area contributed by atoms with Gasteiger partial charge in [-0.25, -0.2) is 15.0 Å². The Morgan fingerprint density at radius 2 is 1.68 bits per heavy atom. The van der Waals surface area contributed by atoms with Gasteiger partial charge in [0.1, 0.15) is 23.8 Å². The molecule has 0 aromatic carbocycles. The van der Waals surface area contributed by atoms with Crippen LogP contribution in [0.25, 0.3) is 0 Å². The van der Waals surface area contributed by atoms with Crippen molar-refractivity contribution >= 4 is 11.6 Å². The van der Waals surface area contributed by atoms with Crippen LogP contribution in [0.3, 0.4) is 0 Å². The van der Waals surface area contributed by atoms with Crippen molar-refractivity contribution in [3.8, 4) is 0 Å². The first kappa shape index (κ1) is 16.4. The summed E-state index contributed by atoms with van der Waals surface area (Å²) in [5.74, 6) is 3.73. The van der Waals surface area contributed by atoms with Crippen LogP contribution in [0.1, 0.15) is 56.2 Å². The molecule has 2 aliphatic rings. The van der Waals surface area contributed by atoms with Gasteiger partial charge in [-0.15, -0.1) is 0 Å². The van der Waals surface area contributed by atoms with E-state index in [0.29, 0.717) is 5.92 Å². The quantitative estimate of drug-likeness (QED) is 0.860. The summed E-state index contributed by atoms with van der Waals surface area (Å²) in [4.78, 5) is 18.7. The summed E-state index contributed by atoms with van der Waals surface area (Å²) in [6, 6.07) is 2.16. The van der Waals surface area contributed by atoms with Crippen molar-refractivity contribution in [3.05, 3.63) is 29.6 Å². The van der Waals surface area contributed by atoms with E-state index in [1.165, 1.54) is 36.5 Å². The van der Waals surface area contributed by atoms with Crippen molar-refractivity contribution in [2.75, 3.05) is 29.4 Å². The van der Waals surface area contributed by atoms with Gasteiger partial charge >= 0.3 is 0 Å². The van der Waals surface area contributed by atoms with E-state index in [9.17, 15) is 0 Å². The third kappa shape index (κ3) is 3.10. The number of hydrogen-bond acceptors (Lipinski definition) is 5. The van der Waals surface area contributed by atoms with Crippen LogP contribution in [0, 0.1) is 0 Å². The third-order valence-electron chi connectivity index (χ3n) is 5.45. The molecule has 2 aliphatic heterocycles. The fourth-order valence-corrected chi connectivity index (χ4v) is 4.07. The van der Waals surface area contributed by atoms with E-state index >= 15 is 0 Å². The second-order valence-electron chi connectivity index (χ2n) is 7.53. The summed E-state index contributed by atoms with van der Waals surface area (Å²) in [5.41, 5.74) is 2.58. The van der Waals surface area contributed by atoms with E-state index in [4.69, 9.17) is 4.98 Å². The van der Waals surface area contributed by atoms with E-state index in [2.05, 4.69) is 51.3 Å². The van der Waals surface area contributed by atoms with Gasteiger partial charge in [-0.3, -0.25) is 0 Å². The summed E-state index contributed by atoms with van der Waals surface area (Å²) in [5, 5.41) is 0. The molecule has 1 saturated heterocycles. The van der Waals surface area contributed by atoms with E-state index in [1.807, 2.05) is 0 Å². The average Bonchev–Trinajstić information content (AvgIpc) is 2.99. The Morgan fingerprint density at radius 1 is 0.960 bits per heavy atom. The Hall–Kier alpha value is -2.11. The van der Waals surface area contributed by atoms with Crippen molar-refractivity contribution in [2.24, 2.45) is 7.05 Å². The highest BCUT2D eigenvalue weighted by atomic mass is 15.2. The van der Waals surface area contributed by atoms with E-state index in [0.717, 1.165) is 44.2 Å². The summed E-state index contributed by atoms with van der Waals surface area (Å²) >= 11 is 0. The second-order valence-corrected chi connectivity index (χ2v) is 7.53. The van der Waals surface area contributed by atoms with Gasteiger partial charge in [0.05, 0.1) is 12.2 Å². The fraction of sp³-hybridized carbons (Fsp3) is 0.632. The van der Waals surface area contributed by atoms with Gasteiger partial charge in [0.25, 0.3) is 0 Å². The molecule has 6 nitrogen and oxygen atoms in total. The minimum atomic E-state index is 0.453. The van der Waals surface area contributed by atoms with Gasteiger partial charge in [0, 0.05) is 50.8 Å². The second kappa shape index (κ2) is 6.65. The van der Waals surface area contributed by atoms with Gasteiger partial charge in [0.15, 0.2) is 0 Å². The zero-order valence-electron chi connectivity index (χ0n) is 15.6. The molecule has 2 aromatic heterocycles. The maximum absolute atomic E-state index is 4.91. The van der Waals surface area contributed by atoms with Crippen LogP contribution in [0.15, 0.2) is 12.4 Å². The van der Waals surface area contributed by atoms with Gasteiger partial charge < -0.3 is 14.4 Å². The largest absolute Gasteiger partial charge is 0.356 e. The summed E-state index contributed by atoms with van der Waals surface area (Å²) in [7, 11) is 2.15. The maximum Gasteiger partial charge on any atom is 0.134 e. The molecule has 6 heteroatoms. The Kier molecular flexibility index (Phi) is 4.36. The first-order valence-corrected chi connectivity index (χ1v) is 9.50. The topological polar surface area (TPSA) is 50.1 Å². The Bertz CT molecular complexity index is 744. The fourth-order valence-electron chi connectivity index (χ4n) is 4.07. The Morgan fingerprint density at radius 3 is 2.40 bits per heavy atom. The molecule has 4 heterocycles. The van der Waals surface area contributed by atoms with Gasteiger partial charge in [-0.2, -0.15) is 0 Å². The number of piperidine rings is 1. The lowest BCUT2D eigenvalue weighted by Gasteiger charge is -2.30. The number of fused-ring (bicyclic) bond motifs is 1. The number of aromatic nitrogens is 4. The first-order chi connectivity index (χ1) is 12.1. The van der Waals surface area contributed by atoms with Crippen molar-refractivity contribution in [1.29, 1.82) is 0 Å². The zero-order valence-corrected chi connectivity index (χ0v) is 15.6. The van der Waals surface area contributed by atoms with E-state index in [1.54, 1.807) is 6.33 Å². The molecule has 0 bridgehead atoms. The van der Waals surface area contributed by atoms with Crippen LogP contribution in [-0.4, -0.2) is 39.2 Å². The van der Waals surface area contributed by atoms with Crippen LogP contribution in [-0.2, 0) is 20.0 Å². The number of rotatable bonds is 3. The smallest absolute Gasteiger partial charge is 0.134 e. The SMILES string of the molecule is CC(C)c1nc2c(n1C)CCN(c1cc(N3CCCCC3)ncn1)C2. The lowest BCUT2D eigenvalue weighted by molar-refractivity contribution is 0.572. The molecule has 4 rings (SSSR count). The highest BCUT2D eigenvalue weighted by molar-refractivity contribution is 5.51. The molecule has 25 heavy (non-hydrogen) atoms. The van der Waals surface area contributed by atoms with Crippen LogP contribution < -0.4 is 9.80 Å². The predicted octanol–water partition coefficient (Wildman–Crippen LogP) is 2.89. The molecular weight excluding hydrogens is 312 g/mol. The van der Waals surface area contributed by atoms with E-state index < -0.39 is 0 Å². The highest BCUT2D eigenvalue weighted by Gasteiger charge is 2.25. The summed E-state index contributed by atoms with van der Waals surface area (Å²) in [6.07, 6.45) is 6.60. The minimum Gasteiger partial charge on any atom is -0.356 e. The number of imidazole rings is 1. The Labute approximate surface area is 149 Å². The third-order valence-corrected chi connectivity index (χ3v) is 5.45. The molecule has 0 unspecified atom stereocenters. The van der Waals surface area contributed by atoms with Crippen LogP contribution in [0.2, 0.25) is 0 Å². The molecule has 2 aromatic rings. The van der Waals surface area contributed by atoms with Crippen molar-refractivity contribution in [1.82, 2.24) is 19.5 Å². The van der Waals surface area contributed by atoms with E-state index in [-0.39, 0.29) is 0 Å². The van der Waals surface area contributed by atoms with Gasteiger partial charge in [-0.1, -0.05) is 13.8 Å². The van der Waals surface area contributed by atoms with Gasteiger partial charge in [0.2, 0.25) is 0 Å².